The van der Waals surface area contributed by atoms with E-state index < -0.39 is 0 Å². The van der Waals surface area contributed by atoms with Gasteiger partial charge in [0, 0.05) is 12.6 Å². The first-order chi connectivity index (χ1) is 7.18. The molecule has 0 spiro atoms. The number of rotatable bonds is 6. The fraction of sp³-hybridized carbons (Fsp3) is 1.00. The van der Waals surface area contributed by atoms with E-state index in [-0.39, 0.29) is 0 Å². The van der Waals surface area contributed by atoms with Gasteiger partial charge < -0.3 is 15.2 Å². The van der Waals surface area contributed by atoms with Crippen LogP contribution in [0.2, 0.25) is 0 Å². The van der Waals surface area contributed by atoms with E-state index in [2.05, 4.69) is 13.8 Å². The van der Waals surface area contributed by atoms with E-state index in [4.69, 9.17) is 15.2 Å². The average molecular weight is 215 g/mol. The quantitative estimate of drug-likeness (QED) is 0.689. The molecule has 0 saturated heterocycles. The van der Waals surface area contributed by atoms with Crippen LogP contribution in [0.4, 0.5) is 0 Å². The summed E-state index contributed by atoms with van der Waals surface area (Å²) in [6.07, 6.45) is 4.92. The Morgan fingerprint density at radius 3 is 2.73 bits per heavy atom. The van der Waals surface area contributed by atoms with E-state index in [1.807, 2.05) is 0 Å². The molecule has 3 heteroatoms. The van der Waals surface area contributed by atoms with Crippen LogP contribution in [0.3, 0.4) is 0 Å². The molecule has 1 saturated carbocycles. The number of ether oxygens (including phenoxy) is 2. The smallest absolute Gasteiger partial charge is 0.0704 e. The highest BCUT2D eigenvalue weighted by Crippen LogP contribution is 2.19. The minimum Gasteiger partial charge on any atom is -0.379 e. The molecule has 15 heavy (non-hydrogen) atoms. The SMILES string of the molecule is CC(C)COCCOC1CCCC(N)C1. The Hall–Kier alpha value is -0.120. The maximum absolute atomic E-state index is 5.88. The van der Waals surface area contributed by atoms with E-state index in [0.717, 1.165) is 25.9 Å². The highest BCUT2D eigenvalue weighted by Gasteiger charge is 2.19. The van der Waals surface area contributed by atoms with Crippen molar-refractivity contribution in [2.45, 2.75) is 51.7 Å². The van der Waals surface area contributed by atoms with Crippen molar-refractivity contribution < 1.29 is 9.47 Å². The highest BCUT2D eigenvalue weighted by atomic mass is 16.5. The van der Waals surface area contributed by atoms with Crippen LogP contribution >= 0.6 is 0 Å². The van der Waals surface area contributed by atoms with Crippen LogP contribution in [0.25, 0.3) is 0 Å². The van der Waals surface area contributed by atoms with Crippen LogP contribution in [-0.4, -0.2) is 32.0 Å². The normalized spacial score (nSPS) is 27.2. The molecule has 0 aromatic heterocycles. The van der Waals surface area contributed by atoms with E-state index >= 15 is 0 Å². The standard InChI is InChI=1S/C12H25NO2/c1-10(2)9-14-6-7-15-12-5-3-4-11(13)8-12/h10-12H,3-9,13H2,1-2H3. The minimum atomic E-state index is 0.348. The van der Waals surface area contributed by atoms with Gasteiger partial charge in [0.05, 0.1) is 19.3 Å². The zero-order chi connectivity index (χ0) is 11.1. The Labute approximate surface area is 93.3 Å². The van der Waals surface area contributed by atoms with Crippen LogP contribution in [0.5, 0.6) is 0 Å². The molecule has 2 N–H and O–H groups in total. The third-order valence-electron chi connectivity index (χ3n) is 2.70. The van der Waals surface area contributed by atoms with Gasteiger partial charge in [-0.1, -0.05) is 13.8 Å². The summed E-state index contributed by atoms with van der Waals surface area (Å²) >= 11 is 0. The molecule has 3 nitrogen and oxygen atoms in total. The van der Waals surface area contributed by atoms with Gasteiger partial charge >= 0.3 is 0 Å². The second-order valence-electron chi connectivity index (χ2n) is 4.89. The van der Waals surface area contributed by atoms with E-state index in [0.29, 0.717) is 31.3 Å². The van der Waals surface area contributed by atoms with Gasteiger partial charge in [-0.3, -0.25) is 0 Å². The Kier molecular flexibility index (Phi) is 6.22. The Morgan fingerprint density at radius 2 is 2.07 bits per heavy atom. The van der Waals surface area contributed by atoms with Crippen molar-refractivity contribution in [3.8, 4) is 0 Å². The van der Waals surface area contributed by atoms with Crippen molar-refractivity contribution in [3.05, 3.63) is 0 Å². The number of hydrogen-bond acceptors (Lipinski definition) is 3. The molecule has 1 fully saturated rings. The van der Waals surface area contributed by atoms with Gasteiger partial charge in [0.1, 0.15) is 0 Å². The summed E-state index contributed by atoms with van der Waals surface area (Å²) in [5.74, 6) is 0.605. The fourth-order valence-electron chi connectivity index (χ4n) is 1.93. The number of nitrogens with two attached hydrogens (primary N) is 1. The summed E-state index contributed by atoms with van der Waals surface area (Å²) in [7, 11) is 0. The Morgan fingerprint density at radius 1 is 1.27 bits per heavy atom. The maximum Gasteiger partial charge on any atom is 0.0704 e. The van der Waals surface area contributed by atoms with E-state index in [1.54, 1.807) is 0 Å². The molecule has 0 aromatic rings. The van der Waals surface area contributed by atoms with Gasteiger partial charge in [0.2, 0.25) is 0 Å². The van der Waals surface area contributed by atoms with Crippen LogP contribution < -0.4 is 5.73 Å². The predicted octanol–water partition coefficient (Wildman–Crippen LogP) is 1.95. The van der Waals surface area contributed by atoms with Crippen molar-refractivity contribution in [2.75, 3.05) is 19.8 Å². The molecule has 1 rings (SSSR count). The summed E-state index contributed by atoms with van der Waals surface area (Å²) < 4.78 is 11.2. The van der Waals surface area contributed by atoms with Gasteiger partial charge in [-0.15, -0.1) is 0 Å². The van der Waals surface area contributed by atoms with Crippen molar-refractivity contribution in [3.63, 3.8) is 0 Å². The topological polar surface area (TPSA) is 44.5 Å². The van der Waals surface area contributed by atoms with Gasteiger partial charge in [-0.25, -0.2) is 0 Å². The van der Waals surface area contributed by atoms with Crippen LogP contribution in [0.15, 0.2) is 0 Å². The van der Waals surface area contributed by atoms with Crippen LogP contribution in [0.1, 0.15) is 39.5 Å². The first-order valence-electron chi connectivity index (χ1n) is 6.13. The monoisotopic (exact) mass is 215 g/mol. The molecule has 2 unspecified atom stereocenters. The second kappa shape index (κ2) is 7.20. The second-order valence-corrected chi connectivity index (χ2v) is 4.89. The first kappa shape index (κ1) is 12.9. The minimum absolute atomic E-state index is 0.348. The highest BCUT2D eigenvalue weighted by molar-refractivity contribution is 4.75. The van der Waals surface area contributed by atoms with Crippen LogP contribution in [-0.2, 0) is 9.47 Å². The number of hydrogen-bond donors (Lipinski definition) is 1. The van der Waals surface area contributed by atoms with Crippen LogP contribution in [0, 0.1) is 5.92 Å². The van der Waals surface area contributed by atoms with Gasteiger partial charge in [-0.05, 0) is 31.6 Å². The molecule has 1 aliphatic rings. The van der Waals surface area contributed by atoms with Gasteiger partial charge in [0.15, 0.2) is 0 Å². The summed E-state index contributed by atoms with van der Waals surface area (Å²) in [4.78, 5) is 0. The molecule has 0 aliphatic heterocycles. The zero-order valence-corrected chi connectivity index (χ0v) is 10.1. The summed E-state index contributed by atoms with van der Waals surface area (Å²) in [6.45, 7) is 6.56. The molecule has 2 atom stereocenters. The lowest BCUT2D eigenvalue weighted by atomic mass is 9.94. The third kappa shape index (κ3) is 6.13. The van der Waals surface area contributed by atoms with E-state index in [1.165, 1.54) is 6.42 Å². The zero-order valence-electron chi connectivity index (χ0n) is 10.1. The third-order valence-corrected chi connectivity index (χ3v) is 2.70. The molecule has 0 radical (unpaired) electrons. The first-order valence-corrected chi connectivity index (χ1v) is 6.13. The van der Waals surface area contributed by atoms with Crippen molar-refractivity contribution in [2.24, 2.45) is 11.7 Å². The molecule has 0 bridgehead atoms. The summed E-state index contributed by atoms with van der Waals surface area (Å²) in [6, 6.07) is 0.348. The Bertz CT molecular complexity index is 162. The van der Waals surface area contributed by atoms with Gasteiger partial charge in [0.25, 0.3) is 0 Å². The lowest BCUT2D eigenvalue weighted by Gasteiger charge is -2.26. The summed E-state index contributed by atoms with van der Waals surface area (Å²) in [5.41, 5.74) is 5.88. The maximum atomic E-state index is 5.88. The van der Waals surface area contributed by atoms with E-state index in [9.17, 15) is 0 Å². The largest absolute Gasteiger partial charge is 0.379 e. The molecule has 90 valence electrons. The van der Waals surface area contributed by atoms with Crippen molar-refractivity contribution in [1.29, 1.82) is 0 Å². The van der Waals surface area contributed by atoms with Crippen molar-refractivity contribution in [1.82, 2.24) is 0 Å². The lowest BCUT2D eigenvalue weighted by Crippen LogP contribution is -2.32. The summed E-state index contributed by atoms with van der Waals surface area (Å²) in [5, 5.41) is 0. The molecule has 0 aromatic carbocycles. The van der Waals surface area contributed by atoms with Gasteiger partial charge in [-0.2, -0.15) is 0 Å². The molecule has 1 aliphatic carbocycles. The molecular formula is C12H25NO2. The fourth-order valence-corrected chi connectivity index (χ4v) is 1.93. The van der Waals surface area contributed by atoms with Crippen molar-refractivity contribution >= 4 is 0 Å². The Balaban J connectivity index is 1.95. The molecule has 0 heterocycles. The average Bonchev–Trinajstić information content (AvgIpc) is 2.17. The predicted molar refractivity (Wildman–Crippen MR) is 61.8 cm³/mol. The molecular weight excluding hydrogens is 190 g/mol. The molecule has 0 amide bonds. The lowest BCUT2D eigenvalue weighted by molar-refractivity contribution is -0.0170.